The topological polar surface area (TPSA) is 9.23 Å². The molecular formula is C17H30OS. The van der Waals surface area contributed by atoms with Gasteiger partial charge in [-0.05, 0) is 25.2 Å². The highest BCUT2D eigenvalue weighted by Gasteiger charge is 2.37. The van der Waals surface area contributed by atoms with Crippen LogP contribution >= 0.6 is 12.6 Å². The smallest absolute Gasteiger partial charge is 0.100 e. The lowest BCUT2D eigenvalue weighted by Crippen LogP contribution is -2.22. The fraction of sp³-hybridized carbons (Fsp3) is 0.882. The van der Waals surface area contributed by atoms with Gasteiger partial charge in [0.2, 0.25) is 0 Å². The van der Waals surface area contributed by atoms with Crippen molar-refractivity contribution in [3.8, 4) is 0 Å². The number of fused-ring (bicyclic) bond motifs is 2. The molecule has 19 heavy (non-hydrogen) atoms. The van der Waals surface area contributed by atoms with Gasteiger partial charge in [-0.15, -0.1) is 12.6 Å². The molecular weight excluding hydrogens is 252 g/mol. The number of rotatable bonds is 10. The minimum Gasteiger partial charge on any atom is -0.364 e. The number of hydrogen-bond donors (Lipinski definition) is 1. The van der Waals surface area contributed by atoms with E-state index in [9.17, 15) is 0 Å². The van der Waals surface area contributed by atoms with Crippen LogP contribution < -0.4 is 0 Å². The molecule has 1 nitrogen and oxygen atoms in total. The Morgan fingerprint density at radius 1 is 1.05 bits per heavy atom. The average Bonchev–Trinajstić information content (AvgIpc) is 3.00. The summed E-state index contributed by atoms with van der Waals surface area (Å²) in [6.45, 7) is 2.27. The van der Waals surface area contributed by atoms with Gasteiger partial charge >= 0.3 is 0 Å². The molecule has 0 aromatic heterocycles. The highest BCUT2D eigenvalue weighted by Crippen LogP contribution is 2.41. The lowest BCUT2D eigenvalue weighted by molar-refractivity contribution is 0.0163. The maximum atomic E-state index is 6.10. The third-order valence-corrected chi connectivity index (χ3v) is 4.98. The van der Waals surface area contributed by atoms with Gasteiger partial charge in [-0.2, -0.15) is 0 Å². The first-order valence-corrected chi connectivity index (χ1v) is 8.83. The molecule has 1 saturated carbocycles. The van der Waals surface area contributed by atoms with Crippen LogP contribution in [-0.2, 0) is 4.74 Å². The van der Waals surface area contributed by atoms with Crippen LogP contribution in [0, 0.1) is 11.8 Å². The van der Waals surface area contributed by atoms with Crippen LogP contribution in [0.3, 0.4) is 0 Å². The molecule has 1 fully saturated rings. The predicted molar refractivity (Wildman–Crippen MR) is 85.6 cm³/mol. The maximum Gasteiger partial charge on any atom is 0.100 e. The molecule has 2 bridgehead atoms. The van der Waals surface area contributed by atoms with Crippen molar-refractivity contribution in [1.29, 1.82) is 0 Å². The van der Waals surface area contributed by atoms with E-state index in [1.165, 1.54) is 57.8 Å². The van der Waals surface area contributed by atoms with Crippen molar-refractivity contribution < 1.29 is 4.74 Å². The first-order chi connectivity index (χ1) is 9.29. The zero-order valence-electron chi connectivity index (χ0n) is 12.4. The van der Waals surface area contributed by atoms with Gasteiger partial charge in [0.1, 0.15) is 5.44 Å². The SMILES string of the molecule is CCCCCCCCCC(S)OC1CC2C=CC1C2. The molecule has 0 aromatic rings. The van der Waals surface area contributed by atoms with E-state index in [2.05, 4.69) is 31.7 Å². The van der Waals surface area contributed by atoms with E-state index in [4.69, 9.17) is 4.74 Å². The summed E-state index contributed by atoms with van der Waals surface area (Å²) in [5, 5.41) is 0. The van der Waals surface area contributed by atoms with Crippen molar-refractivity contribution in [2.75, 3.05) is 0 Å². The second kappa shape index (κ2) is 8.36. The Bertz CT molecular complexity index is 276. The Hall–Kier alpha value is 0.0500. The van der Waals surface area contributed by atoms with Gasteiger partial charge in [0.25, 0.3) is 0 Å². The van der Waals surface area contributed by atoms with Crippen LogP contribution in [0.15, 0.2) is 12.2 Å². The van der Waals surface area contributed by atoms with Crippen LogP contribution in [-0.4, -0.2) is 11.5 Å². The predicted octanol–water partition coefficient (Wildman–Crippen LogP) is 5.36. The maximum absolute atomic E-state index is 6.10. The zero-order valence-corrected chi connectivity index (χ0v) is 13.3. The van der Waals surface area contributed by atoms with Gasteiger partial charge in [-0.25, -0.2) is 0 Å². The van der Waals surface area contributed by atoms with E-state index in [1.54, 1.807) is 0 Å². The van der Waals surface area contributed by atoms with Crippen molar-refractivity contribution in [2.45, 2.75) is 82.7 Å². The van der Waals surface area contributed by atoms with Crippen molar-refractivity contribution in [1.82, 2.24) is 0 Å². The molecule has 4 unspecified atom stereocenters. The van der Waals surface area contributed by atoms with E-state index >= 15 is 0 Å². The molecule has 0 amide bonds. The molecule has 110 valence electrons. The molecule has 2 heteroatoms. The Labute approximate surface area is 124 Å². The molecule has 2 rings (SSSR count). The number of unbranched alkanes of at least 4 members (excludes halogenated alkanes) is 6. The third-order valence-electron chi connectivity index (χ3n) is 4.60. The van der Waals surface area contributed by atoms with Crippen molar-refractivity contribution in [3.05, 3.63) is 12.2 Å². The van der Waals surface area contributed by atoms with Gasteiger partial charge in [0, 0.05) is 5.92 Å². The number of ether oxygens (including phenoxy) is 1. The molecule has 0 heterocycles. The van der Waals surface area contributed by atoms with Crippen molar-refractivity contribution in [3.63, 3.8) is 0 Å². The lowest BCUT2D eigenvalue weighted by Gasteiger charge is -2.23. The van der Waals surface area contributed by atoms with E-state index in [0.29, 0.717) is 12.0 Å². The minimum absolute atomic E-state index is 0.161. The van der Waals surface area contributed by atoms with Crippen LogP contribution in [0.25, 0.3) is 0 Å². The fourth-order valence-corrected chi connectivity index (χ4v) is 3.77. The summed E-state index contributed by atoms with van der Waals surface area (Å²) in [4.78, 5) is 0. The molecule has 0 N–H and O–H groups in total. The molecule has 0 saturated heterocycles. The molecule has 2 aliphatic carbocycles. The third kappa shape index (κ3) is 5.15. The number of hydrogen-bond acceptors (Lipinski definition) is 2. The van der Waals surface area contributed by atoms with Crippen LogP contribution in [0.5, 0.6) is 0 Å². The zero-order chi connectivity index (χ0) is 13.5. The second-order valence-corrected chi connectivity index (χ2v) is 6.90. The van der Waals surface area contributed by atoms with Crippen molar-refractivity contribution in [2.24, 2.45) is 11.8 Å². The van der Waals surface area contributed by atoms with Gasteiger partial charge in [-0.3, -0.25) is 0 Å². The minimum atomic E-state index is 0.161. The first kappa shape index (κ1) is 15.4. The molecule has 2 aliphatic rings. The van der Waals surface area contributed by atoms with E-state index in [1.807, 2.05) is 0 Å². The summed E-state index contributed by atoms with van der Waals surface area (Å²) >= 11 is 4.61. The lowest BCUT2D eigenvalue weighted by atomic mass is 10.0. The molecule has 0 radical (unpaired) electrons. The Balaban J connectivity index is 1.46. The molecule has 4 atom stereocenters. The summed E-state index contributed by atoms with van der Waals surface area (Å²) in [5.74, 6) is 1.49. The van der Waals surface area contributed by atoms with E-state index in [0.717, 1.165) is 12.3 Å². The molecule has 0 spiro atoms. The van der Waals surface area contributed by atoms with Gasteiger partial charge < -0.3 is 4.74 Å². The fourth-order valence-electron chi connectivity index (χ4n) is 3.43. The van der Waals surface area contributed by atoms with Gasteiger partial charge in [0.15, 0.2) is 0 Å². The summed E-state index contributed by atoms with van der Waals surface area (Å²) in [6, 6.07) is 0. The average molecular weight is 282 g/mol. The van der Waals surface area contributed by atoms with Gasteiger partial charge in [0.05, 0.1) is 6.10 Å². The summed E-state index contributed by atoms with van der Waals surface area (Å²) in [7, 11) is 0. The van der Waals surface area contributed by atoms with E-state index in [-0.39, 0.29) is 5.44 Å². The first-order valence-electron chi connectivity index (χ1n) is 8.31. The Kier molecular flexibility index (Phi) is 6.79. The summed E-state index contributed by atoms with van der Waals surface area (Å²) < 4.78 is 6.10. The molecule has 0 aliphatic heterocycles. The summed E-state index contributed by atoms with van der Waals surface area (Å²) in [5.41, 5.74) is 0.161. The van der Waals surface area contributed by atoms with Crippen LogP contribution in [0.1, 0.15) is 71.1 Å². The molecule has 0 aromatic carbocycles. The summed E-state index contributed by atoms with van der Waals surface area (Å²) in [6.07, 6.45) is 18.4. The number of thiol groups is 1. The van der Waals surface area contributed by atoms with Gasteiger partial charge in [-0.1, -0.05) is 64.0 Å². The van der Waals surface area contributed by atoms with Crippen LogP contribution in [0.2, 0.25) is 0 Å². The highest BCUT2D eigenvalue weighted by molar-refractivity contribution is 7.80. The van der Waals surface area contributed by atoms with E-state index < -0.39 is 0 Å². The quantitative estimate of drug-likeness (QED) is 0.245. The Morgan fingerprint density at radius 2 is 1.79 bits per heavy atom. The normalized spacial score (nSPS) is 30.1. The van der Waals surface area contributed by atoms with Crippen molar-refractivity contribution >= 4 is 12.6 Å². The highest BCUT2D eigenvalue weighted by atomic mass is 32.1. The standard InChI is InChI=1S/C17H30OS/c1-2-3-4-5-6-7-8-9-17(19)18-16-13-14-10-11-15(16)12-14/h10-11,14-17,19H,2-9,12-13H2,1H3. The number of allylic oxidation sites excluding steroid dienone is 1. The monoisotopic (exact) mass is 282 g/mol. The second-order valence-electron chi connectivity index (χ2n) is 6.32. The Morgan fingerprint density at radius 3 is 2.42 bits per heavy atom. The van der Waals surface area contributed by atoms with Crippen LogP contribution in [0.4, 0.5) is 0 Å². The largest absolute Gasteiger partial charge is 0.364 e.